The van der Waals surface area contributed by atoms with Gasteiger partial charge < -0.3 is 14.4 Å². The standard InChI is InChI=1S/C21H20N2O2S/c1-14-5-6-15(12-20(14)25-2)21-22-18-8-7-16(24)13-19(18)23(21)10-9-17-4-3-11-26-17/h3-8,11-13,24H,9-10H2,1-2H3. The second kappa shape index (κ2) is 6.84. The zero-order valence-electron chi connectivity index (χ0n) is 14.8. The number of hydrogen-bond donors (Lipinski definition) is 1. The Labute approximate surface area is 156 Å². The van der Waals surface area contributed by atoms with Crippen LogP contribution in [0.25, 0.3) is 22.4 Å². The van der Waals surface area contributed by atoms with Crippen molar-refractivity contribution < 1.29 is 9.84 Å². The lowest BCUT2D eigenvalue weighted by molar-refractivity contribution is 0.412. The van der Waals surface area contributed by atoms with Gasteiger partial charge in [-0.05, 0) is 48.6 Å². The highest BCUT2D eigenvalue weighted by molar-refractivity contribution is 7.09. The Morgan fingerprint density at radius 2 is 2.04 bits per heavy atom. The number of rotatable bonds is 5. The lowest BCUT2D eigenvalue weighted by Crippen LogP contribution is -2.03. The monoisotopic (exact) mass is 364 g/mol. The highest BCUT2D eigenvalue weighted by Crippen LogP contribution is 2.31. The minimum absolute atomic E-state index is 0.253. The van der Waals surface area contributed by atoms with Gasteiger partial charge in [-0.3, -0.25) is 0 Å². The maximum Gasteiger partial charge on any atom is 0.141 e. The van der Waals surface area contributed by atoms with Crippen LogP contribution in [0.3, 0.4) is 0 Å². The molecule has 2 aromatic carbocycles. The maximum atomic E-state index is 9.95. The Morgan fingerprint density at radius 1 is 1.15 bits per heavy atom. The molecule has 1 N–H and O–H groups in total. The Morgan fingerprint density at radius 3 is 2.81 bits per heavy atom. The van der Waals surface area contributed by atoms with Crippen LogP contribution in [-0.4, -0.2) is 21.8 Å². The molecule has 0 bridgehead atoms. The Kier molecular flexibility index (Phi) is 4.39. The van der Waals surface area contributed by atoms with E-state index < -0.39 is 0 Å². The van der Waals surface area contributed by atoms with Gasteiger partial charge >= 0.3 is 0 Å². The third-order valence-electron chi connectivity index (χ3n) is 4.56. The number of thiophene rings is 1. The van der Waals surface area contributed by atoms with Crippen LogP contribution in [0.2, 0.25) is 0 Å². The molecule has 0 saturated carbocycles. The van der Waals surface area contributed by atoms with E-state index in [-0.39, 0.29) is 5.75 Å². The SMILES string of the molecule is COc1cc(-c2nc3ccc(O)cc3n2CCc2cccs2)ccc1C. The van der Waals surface area contributed by atoms with E-state index in [4.69, 9.17) is 9.72 Å². The van der Waals surface area contributed by atoms with E-state index in [1.165, 1.54) is 4.88 Å². The Bertz CT molecular complexity index is 1050. The largest absolute Gasteiger partial charge is 0.508 e. The molecule has 0 aliphatic carbocycles. The molecule has 26 heavy (non-hydrogen) atoms. The summed E-state index contributed by atoms with van der Waals surface area (Å²) in [4.78, 5) is 6.16. The summed E-state index contributed by atoms with van der Waals surface area (Å²) in [6.07, 6.45) is 0.925. The summed E-state index contributed by atoms with van der Waals surface area (Å²) in [7, 11) is 1.68. The van der Waals surface area contributed by atoms with Crippen molar-refractivity contribution in [1.82, 2.24) is 9.55 Å². The van der Waals surface area contributed by atoms with Gasteiger partial charge in [0.2, 0.25) is 0 Å². The number of methoxy groups -OCH3 is 1. The first-order chi connectivity index (χ1) is 12.7. The molecular weight excluding hydrogens is 344 g/mol. The molecule has 5 heteroatoms. The lowest BCUT2D eigenvalue weighted by atomic mass is 10.1. The van der Waals surface area contributed by atoms with E-state index >= 15 is 0 Å². The number of benzene rings is 2. The van der Waals surface area contributed by atoms with Gasteiger partial charge in [-0.25, -0.2) is 4.98 Å². The van der Waals surface area contributed by atoms with Gasteiger partial charge in [-0.2, -0.15) is 0 Å². The van der Waals surface area contributed by atoms with Crippen LogP contribution in [-0.2, 0) is 13.0 Å². The van der Waals surface area contributed by atoms with Crippen LogP contribution in [0.1, 0.15) is 10.4 Å². The average molecular weight is 364 g/mol. The molecule has 0 spiro atoms. The molecule has 0 fully saturated rings. The van der Waals surface area contributed by atoms with Crippen molar-refractivity contribution >= 4 is 22.4 Å². The van der Waals surface area contributed by atoms with Crippen LogP contribution in [0.15, 0.2) is 53.9 Å². The number of aromatic nitrogens is 2. The molecule has 0 unspecified atom stereocenters. The molecule has 2 heterocycles. The molecule has 4 nitrogen and oxygen atoms in total. The summed E-state index contributed by atoms with van der Waals surface area (Å²) in [6.45, 7) is 2.83. The van der Waals surface area contributed by atoms with E-state index in [1.54, 1.807) is 30.6 Å². The van der Waals surface area contributed by atoms with Crippen LogP contribution in [0.4, 0.5) is 0 Å². The molecular formula is C21H20N2O2S. The quantitative estimate of drug-likeness (QED) is 0.540. The second-order valence-corrected chi connectivity index (χ2v) is 7.31. The first-order valence-electron chi connectivity index (χ1n) is 8.52. The zero-order valence-corrected chi connectivity index (χ0v) is 15.6. The normalized spacial score (nSPS) is 11.2. The fourth-order valence-corrected chi connectivity index (χ4v) is 3.89. The van der Waals surface area contributed by atoms with Crippen molar-refractivity contribution in [3.8, 4) is 22.9 Å². The number of phenolic OH excluding ortho intramolecular Hbond substituents is 1. The van der Waals surface area contributed by atoms with Crippen molar-refractivity contribution in [1.29, 1.82) is 0 Å². The summed E-state index contributed by atoms with van der Waals surface area (Å²) < 4.78 is 7.66. The van der Waals surface area contributed by atoms with E-state index in [2.05, 4.69) is 34.2 Å². The zero-order chi connectivity index (χ0) is 18.1. The van der Waals surface area contributed by atoms with Gasteiger partial charge in [-0.15, -0.1) is 11.3 Å². The van der Waals surface area contributed by atoms with Gasteiger partial charge in [0.1, 0.15) is 17.3 Å². The van der Waals surface area contributed by atoms with Crippen LogP contribution in [0.5, 0.6) is 11.5 Å². The molecule has 132 valence electrons. The third kappa shape index (κ3) is 3.06. The fourth-order valence-electron chi connectivity index (χ4n) is 3.19. The number of hydrogen-bond acceptors (Lipinski definition) is 4. The van der Waals surface area contributed by atoms with Gasteiger partial charge in [0.15, 0.2) is 0 Å². The number of nitrogens with zero attached hydrogens (tertiary/aromatic N) is 2. The third-order valence-corrected chi connectivity index (χ3v) is 5.50. The minimum atomic E-state index is 0.253. The first-order valence-corrected chi connectivity index (χ1v) is 9.40. The Hall–Kier alpha value is -2.79. The van der Waals surface area contributed by atoms with Crippen LogP contribution < -0.4 is 4.74 Å². The number of imidazole rings is 1. The summed E-state index contributed by atoms with van der Waals surface area (Å²) in [6, 6.07) is 15.7. The van der Waals surface area contributed by atoms with E-state index in [0.29, 0.717) is 0 Å². The molecule has 4 rings (SSSR count). The van der Waals surface area contributed by atoms with E-state index in [1.807, 2.05) is 19.1 Å². The van der Waals surface area contributed by atoms with Crippen LogP contribution in [0, 0.1) is 6.92 Å². The van der Waals surface area contributed by atoms with E-state index in [0.717, 1.165) is 46.7 Å². The highest BCUT2D eigenvalue weighted by atomic mass is 32.1. The Balaban J connectivity index is 1.83. The second-order valence-electron chi connectivity index (χ2n) is 6.27. The minimum Gasteiger partial charge on any atom is -0.508 e. The smallest absolute Gasteiger partial charge is 0.141 e. The van der Waals surface area contributed by atoms with Crippen molar-refractivity contribution in [2.24, 2.45) is 0 Å². The number of ether oxygens (including phenoxy) is 1. The molecule has 0 amide bonds. The highest BCUT2D eigenvalue weighted by Gasteiger charge is 2.15. The summed E-state index contributed by atoms with van der Waals surface area (Å²) >= 11 is 1.76. The van der Waals surface area contributed by atoms with Crippen molar-refractivity contribution in [3.05, 3.63) is 64.4 Å². The topological polar surface area (TPSA) is 47.3 Å². The van der Waals surface area contributed by atoms with Gasteiger partial charge in [-0.1, -0.05) is 18.2 Å². The predicted molar refractivity (Wildman–Crippen MR) is 106 cm³/mol. The molecule has 0 saturated heterocycles. The molecule has 0 aliphatic heterocycles. The summed E-state index contributed by atoms with van der Waals surface area (Å²) in [5, 5.41) is 12.0. The molecule has 2 aromatic heterocycles. The van der Waals surface area contributed by atoms with Crippen molar-refractivity contribution in [2.45, 2.75) is 19.9 Å². The fraction of sp³-hybridized carbons (Fsp3) is 0.190. The number of phenols is 1. The predicted octanol–water partition coefficient (Wildman–Crippen LogP) is 5.03. The van der Waals surface area contributed by atoms with E-state index in [9.17, 15) is 5.11 Å². The van der Waals surface area contributed by atoms with Crippen molar-refractivity contribution in [3.63, 3.8) is 0 Å². The molecule has 0 radical (unpaired) electrons. The number of aryl methyl sites for hydroxylation is 3. The molecule has 4 aromatic rings. The first kappa shape index (κ1) is 16.7. The maximum absolute atomic E-state index is 9.95. The molecule has 0 aliphatic rings. The van der Waals surface area contributed by atoms with Crippen LogP contribution >= 0.6 is 11.3 Å². The van der Waals surface area contributed by atoms with Gasteiger partial charge in [0, 0.05) is 23.1 Å². The average Bonchev–Trinajstić information content (AvgIpc) is 3.28. The summed E-state index contributed by atoms with van der Waals surface area (Å²) in [5.41, 5.74) is 3.92. The molecule has 0 atom stereocenters. The van der Waals surface area contributed by atoms with Gasteiger partial charge in [0.25, 0.3) is 0 Å². The lowest BCUT2D eigenvalue weighted by Gasteiger charge is -2.11. The summed E-state index contributed by atoms with van der Waals surface area (Å²) in [5.74, 6) is 1.99. The van der Waals surface area contributed by atoms with Crippen molar-refractivity contribution in [2.75, 3.05) is 7.11 Å². The van der Waals surface area contributed by atoms with Gasteiger partial charge in [0.05, 0.1) is 18.1 Å². The number of aromatic hydroxyl groups is 1. The number of fused-ring (bicyclic) bond motifs is 1.